The maximum Gasteiger partial charge on any atom is 0.410 e. The van der Waals surface area contributed by atoms with E-state index >= 15 is 4.39 Å². The molecule has 294 valence electrons. The maximum atomic E-state index is 16.1. The standard InChI is InChI=1S/C42H53FN4O6SSi/c1-24(2)55(25(3)4,26(5)6)17-16-31-33(43)15-12-27-18-30(51-23-50-10)19-32(36(27)31)35-20-34-37(39(48)52-35)38(45-40(44-34)54-11)46-21-28-13-14-29(22-46)47(28)41(49)53-42(7,8)9/h12,15,18-20,24-26,28-29H,13-14,21-23H2,1-11H3/t28-,29+. The van der Waals surface area contributed by atoms with Crippen molar-refractivity contribution in [3.05, 3.63) is 52.1 Å². The van der Waals surface area contributed by atoms with Crippen LogP contribution in [0.2, 0.25) is 16.6 Å². The van der Waals surface area contributed by atoms with Gasteiger partial charge in [0.15, 0.2) is 11.9 Å². The summed E-state index contributed by atoms with van der Waals surface area (Å²) in [5, 5.41) is 1.93. The van der Waals surface area contributed by atoms with Crippen LogP contribution in [0.5, 0.6) is 5.75 Å². The third-order valence-corrected chi connectivity index (χ3v) is 17.9. The minimum atomic E-state index is -2.25. The van der Waals surface area contributed by atoms with E-state index in [1.807, 2.05) is 38.0 Å². The largest absolute Gasteiger partial charge is 0.468 e. The number of nitrogens with zero attached hydrogens (tertiary/aromatic N) is 4. The number of fused-ring (bicyclic) bond motifs is 4. The first kappa shape index (κ1) is 40.5. The number of methoxy groups -OCH3 is 1. The van der Waals surface area contributed by atoms with E-state index < -0.39 is 25.1 Å². The highest BCUT2D eigenvalue weighted by Gasteiger charge is 2.45. The summed E-state index contributed by atoms with van der Waals surface area (Å²) in [5.74, 6) is 4.02. The molecule has 0 N–H and O–H groups in total. The van der Waals surface area contributed by atoms with Gasteiger partial charge in [-0.1, -0.05) is 65.3 Å². The van der Waals surface area contributed by atoms with Crippen molar-refractivity contribution in [3.8, 4) is 28.5 Å². The third kappa shape index (κ3) is 7.82. The highest BCUT2D eigenvalue weighted by atomic mass is 32.2. The average Bonchev–Trinajstić information content (AvgIpc) is 3.38. The van der Waals surface area contributed by atoms with Crippen LogP contribution in [0.3, 0.4) is 0 Å². The summed E-state index contributed by atoms with van der Waals surface area (Å²) >= 11 is 1.37. The molecule has 2 aliphatic heterocycles. The molecule has 0 spiro atoms. The molecule has 55 heavy (non-hydrogen) atoms. The number of benzene rings is 2. The number of aromatic nitrogens is 2. The Morgan fingerprint density at radius 1 is 1.02 bits per heavy atom. The Morgan fingerprint density at radius 3 is 2.25 bits per heavy atom. The Labute approximate surface area is 328 Å². The van der Waals surface area contributed by atoms with Gasteiger partial charge in [-0.2, -0.15) is 0 Å². The smallest absolute Gasteiger partial charge is 0.410 e. The molecule has 2 atom stereocenters. The predicted octanol–water partition coefficient (Wildman–Crippen LogP) is 9.40. The zero-order chi connectivity index (χ0) is 40.0. The molecule has 4 aromatic rings. The number of carbonyl (C=O) groups excluding carboxylic acids is 1. The molecule has 0 radical (unpaired) electrons. The van der Waals surface area contributed by atoms with Crippen LogP contribution in [0.4, 0.5) is 15.0 Å². The minimum Gasteiger partial charge on any atom is -0.468 e. The summed E-state index contributed by atoms with van der Waals surface area (Å²) in [5.41, 5.74) is 4.59. The van der Waals surface area contributed by atoms with Crippen LogP contribution < -0.4 is 15.3 Å². The molecule has 2 fully saturated rings. The topological polar surface area (TPSA) is 107 Å². The molecule has 2 aromatic carbocycles. The van der Waals surface area contributed by atoms with Crippen molar-refractivity contribution in [1.82, 2.24) is 14.9 Å². The number of ether oxygens (including phenoxy) is 3. The van der Waals surface area contributed by atoms with Gasteiger partial charge in [0.1, 0.15) is 42.2 Å². The predicted molar refractivity (Wildman–Crippen MR) is 220 cm³/mol. The first-order valence-electron chi connectivity index (χ1n) is 19.1. The van der Waals surface area contributed by atoms with Crippen LogP contribution in [0, 0.1) is 17.3 Å². The van der Waals surface area contributed by atoms with Gasteiger partial charge in [-0.3, -0.25) is 4.90 Å². The lowest BCUT2D eigenvalue weighted by atomic mass is 9.96. The lowest BCUT2D eigenvalue weighted by Gasteiger charge is -2.41. The third-order valence-electron chi connectivity index (χ3n) is 11.1. The van der Waals surface area contributed by atoms with Gasteiger partial charge in [0, 0.05) is 37.2 Å². The molecule has 0 saturated carbocycles. The van der Waals surface area contributed by atoms with Crippen LogP contribution in [-0.2, 0) is 9.47 Å². The summed E-state index contributed by atoms with van der Waals surface area (Å²) in [4.78, 5) is 41.0. The molecular weight excluding hydrogens is 736 g/mol. The molecule has 2 saturated heterocycles. The molecule has 0 unspecified atom stereocenters. The fraction of sp³-hybridized carbons (Fsp3) is 0.524. The number of rotatable bonds is 9. The van der Waals surface area contributed by atoms with Gasteiger partial charge < -0.3 is 23.5 Å². The monoisotopic (exact) mass is 788 g/mol. The van der Waals surface area contributed by atoms with Crippen LogP contribution in [0.25, 0.3) is 33.0 Å². The zero-order valence-corrected chi connectivity index (χ0v) is 35.7. The average molecular weight is 789 g/mol. The number of amides is 1. The highest BCUT2D eigenvalue weighted by Crippen LogP contribution is 2.42. The van der Waals surface area contributed by atoms with Crippen LogP contribution >= 0.6 is 11.8 Å². The normalized spacial score (nSPS) is 17.4. The molecule has 2 aromatic heterocycles. The molecular formula is C42H53FN4O6SSi. The Bertz CT molecular complexity index is 2190. The van der Waals surface area contributed by atoms with E-state index in [4.69, 9.17) is 28.6 Å². The van der Waals surface area contributed by atoms with Crippen molar-refractivity contribution in [2.75, 3.05) is 38.1 Å². The summed E-state index contributed by atoms with van der Waals surface area (Å²) in [6.45, 7) is 19.9. The second-order valence-electron chi connectivity index (χ2n) is 16.6. The van der Waals surface area contributed by atoms with E-state index in [0.29, 0.717) is 68.3 Å². The Kier molecular flexibility index (Phi) is 11.6. The zero-order valence-electron chi connectivity index (χ0n) is 33.8. The molecule has 10 nitrogen and oxygen atoms in total. The van der Waals surface area contributed by atoms with Crippen molar-refractivity contribution < 1.29 is 27.8 Å². The molecule has 4 heterocycles. The van der Waals surface area contributed by atoms with Crippen LogP contribution in [0.15, 0.2) is 44.7 Å². The molecule has 1 amide bonds. The van der Waals surface area contributed by atoms with Crippen molar-refractivity contribution in [3.63, 3.8) is 0 Å². The molecule has 2 bridgehead atoms. The van der Waals surface area contributed by atoms with E-state index in [1.165, 1.54) is 24.9 Å². The maximum absolute atomic E-state index is 16.1. The lowest BCUT2D eigenvalue weighted by molar-refractivity contribution is 0.0122. The fourth-order valence-corrected chi connectivity index (χ4v) is 14.3. The Hall–Kier alpha value is -4.12. The van der Waals surface area contributed by atoms with E-state index in [-0.39, 0.29) is 41.7 Å². The number of thioether (sulfide) groups is 1. The van der Waals surface area contributed by atoms with Crippen molar-refractivity contribution in [1.29, 1.82) is 0 Å². The minimum absolute atomic E-state index is 0.0113. The van der Waals surface area contributed by atoms with E-state index in [1.54, 1.807) is 18.2 Å². The summed E-state index contributed by atoms with van der Waals surface area (Å²) in [6, 6.07) is 8.20. The van der Waals surface area contributed by atoms with E-state index in [9.17, 15) is 9.59 Å². The number of hydrogen-bond acceptors (Lipinski definition) is 10. The van der Waals surface area contributed by atoms with Crippen LogP contribution in [0.1, 0.15) is 80.7 Å². The van der Waals surface area contributed by atoms with Gasteiger partial charge in [-0.25, -0.2) is 23.9 Å². The van der Waals surface area contributed by atoms with Crippen molar-refractivity contribution >= 4 is 53.4 Å². The van der Waals surface area contributed by atoms with Gasteiger partial charge in [-0.05, 0) is 80.1 Å². The summed E-state index contributed by atoms with van der Waals surface area (Å²) in [6.07, 6.45) is 3.20. The SMILES string of the molecule is COCOc1cc(-c2cc3nc(SC)nc(N4C[C@H]5CC[C@@H](C4)N5C(=O)OC(C)(C)C)c3c(=O)o2)c2c(C#C[Si](C(C)C)(C(C)C)C(C)C)c(F)ccc2c1. The number of halogens is 1. The van der Waals surface area contributed by atoms with Gasteiger partial charge in [0.25, 0.3) is 0 Å². The quantitative estimate of drug-likeness (QED) is 0.0536. The van der Waals surface area contributed by atoms with Crippen molar-refractivity contribution in [2.24, 2.45) is 0 Å². The number of anilines is 1. The Morgan fingerprint density at radius 2 is 1.67 bits per heavy atom. The fourth-order valence-electron chi connectivity index (χ4n) is 8.74. The van der Waals surface area contributed by atoms with E-state index in [2.05, 4.69) is 57.9 Å². The summed E-state index contributed by atoms with van der Waals surface area (Å²) < 4.78 is 39.1. The molecule has 0 aliphatic carbocycles. The molecule has 6 rings (SSSR count). The summed E-state index contributed by atoms with van der Waals surface area (Å²) in [7, 11) is -0.714. The van der Waals surface area contributed by atoms with Gasteiger partial charge in [0.05, 0.1) is 23.2 Å². The van der Waals surface area contributed by atoms with Gasteiger partial charge in [-0.15, -0.1) is 5.54 Å². The second-order valence-corrected chi connectivity index (χ2v) is 22.9. The number of piperazine rings is 1. The number of hydrogen-bond donors (Lipinski definition) is 0. The first-order chi connectivity index (χ1) is 26.0. The molecule has 2 aliphatic rings. The molecule has 13 heteroatoms. The van der Waals surface area contributed by atoms with Crippen molar-refractivity contribution in [2.45, 2.75) is 115 Å². The van der Waals surface area contributed by atoms with Gasteiger partial charge in [0.2, 0.25) is 0 Å². The highest BCUT2D eigenvalue weighted by molar-refractivity contribution is 7.98. The van der Waals surface area contributed by atoms with Gasteiger partial charge >= 0.3 is 11.7 Å². The number of carbonyl (C=O) groups is 1. The second kappa shape index (κ2) is 15.8. The van der Waals surface area contributed by atoms with Crippen LogP contribution in [-0.4, -0.2) is 80.0 Å². The van der Waals surface area contributed by atoms with E-state index in [0.717, 1.165) is 12.8 Å². The lowest BCUT2D eigenvalue weighted by Crippen LogP contribution is -2.57. The Balaban J connectivity index is 1.52. The first-order valence-corrected chi connectivity index (χ1v) is 22.5.